The molecule has 0 aromatic heterocycles. The van der Waals surface area contributed by atoms with Gasteiger partial charge in [0.15, 0.2) is 6.10 Å². The fourth-order valence-corrected chi connectivity index (χ4v) is 6.08. The van der Waals surface area contributed by atoms with E-state index in [9.17, 15) is 14.4 Å². The van der Waals surface area contributed by atoms with Crippen LogP contribution in [0.2, 0.25) is 0 Å². The molecule has 0 amide bonds. The van der Waals surface area contributed by atoms with Gasteiger partial charge in [0.2, 0.25) is 0 Å². The third-order valence-corrected chi connectivity index (χ3v) is 9.65. The Morgan fingerprint density at radius 2 is 0.733 bits per heavy atom. The van der Waals surface area contributed by atoms with Crippen LogP contribution in [0.25, 0.3) is 0 Å². The van der Waals surface area contributed by atoms with Gasteiger partial charge in [-0.3, -0.25) is 14.4 Å². The molecule has 1 unspecified atom stereocenters. The monoisotopic (exact) mass is 831 g/mol. The molecule has 0 aliphatic carbocycles. The van der Waals surface area contributed by atoms with Gasteiger partial charge in [-0.15, -0.1) is 0 Å². The second-order valence-electron chi connectivity index (χ2n) is 15.4. The van der Waals surface area contributed by atoms with Crippen molar-refractivity contribution in [2.24, 2.45) is 0 Å². The first kappa shape index (κ1) is 56.1. The highest BCUT2D eigenvalue weighted by molar-refractivity contribution is 5.71. The van der Waals surface area contributed by atoms with Crippen molar-refractivity contribution in [1.82, 2.24) is 0 Å². The molecule has 0 radical (unpaired) electrons. The third-order valence-electron chi connectivity index (χ3n) is 9.65. The fraction of sp³-hybridized carbons (Fsp3) is 0.611. The van der Waals surface area contributed by atoms with E-state index in [0.717, 1.165) is 122 Å². The van der Waals surface area contributed by atoms with E-state index in [1.165, 1.54) is 32.1 Å². The smallest absolute Gasteiger partial charge is 0.306 e. The Bertz CT molecular complexity index is 1280. The predicted molar refractivity (Wildman–Crippen MR) is 256 cm³/mol. The highest BCUT2D eigenvalue weighted by atomic mass is 16.6. The quantitative estimate of drug-likeness (QED) is 0.0201. The molecule has 6 heteroatoms. The molecular weight excluding hydrogens is 745 g/mol. The lowest BCUT2D eigenvalue weighted by atomic mass is 10.1. The van der Waals surface area contributed by atoms with Crippen molar-refractivity contribution in [3.63, 3.8) is 0 Å². The summed E-state index contributed by atoms with van der Waals surface area (Å²) in [6, 6.07) is 0. The van der Waals surface area contributed by atoms with Gasteiger partial charge in [-0.1, -0.05) is 194 Å². The van der Waals surface area contributed by atoms with Crippen molar-refractivity contribution < 1.29 is 28.6 Å². The summed E-state index contributed by atoms with van der Waals surface area (Å²) in [6.07, 6.45) is 63.5. The van der Waals surface area contributed by atoms with Crippen LogP contribution in [-0.2, 0) is 28.6 Å². The normalized spacial score (nSPS) is 13.1. The fourth-order valence-electron chi connectivity index (χ4n) is 6.08. The molecule has 6 nitrogen and oxygen atoms in total. The lowest BCUT2D eigenvalue weighted by Crippen LogP contribution is -2.30. The summed E-state index contributed by atoms with van der Waals surface area (Å²) < 4.78 is 16.7. The van der Waals surface area contributed by atoms with Gasteiger partial charge in [0.05, 0.1) is 0 Å². The molecule has 0 aliphatic rings. The van der Waals surface area contributed by atoms with Crippen LogP contribution in [0.4, 0.5) is 0 Å². The van der Waals surface area contributed by atoms with Crippen LogP contribution < -0.4 is 0 Å². The molecule has 0 heterocycles. The van der Waals surface area contributed by atoms with Gasteiger partial charge in [-0.2, -0.15) is 0 Å². The van der Waals surface area contributed by atoms with Gasteiger partial charge in [0.1, 0.15) is 13.2 Å². The Morgan fingerprint density at radius 3 is 1.23 bits per heavy atom. The maximum Gasteiger partial charge on any atom is 0.306 e. The molecule has 0 aromatic rings. The number of carbonyl (C=O) groups excluding carboxylic acids is 3. The van der Waals surface area contributed by atoms with E-state index in [4.69, 9.17) is 14.2 Å². The van der Waals surface area contributed by atoms with Crippen molar-refractivity contribution in [2.75, 3.05) is 13.2 Å². The molecule has 0 saturated heterocycles. The molecule has 338 valence electrons. The van der Waals surface area contributed by atoms with Crippen LogP contribution in [0.3, 0.4) is 0 Å². The molecular formula is C54H86O6. The first-order valence-electron chi connectivity index (χ1n) is 24.0. The maximum atomic E-state index is 12.8. The number of rotatable bonds is 41. The van der Waals surface area contributed by atoms with Gasteiger partial charge in [-0.25, -0.2) is 0 Å². The number of carbonyl (C=O) groups is 3. The molecule has 0 aliphatic heterocycles. The molecule has 0 spiro atoms. The summed E-state index contributed by atoms with van der Waals surface area (Å²) in [5.74, 6) is -0.985. The molecule has 0 bridgehead atoms. The number of ether oxygens (including phenoxy) is 3. The second-order valence-corrected chi connectivity index (χ2v) is 15.4. The summed E-state index contributed by atoms with van der Waals surface area (Å²) in [4.78, 5) is 37.9. The zero-order chi connectivity index (χ0) is 43.7. The molecule has 0 rings (SSSR count). The Hall–Kier alpha value is -3.93. The van der Waals surface area contributed by atoms with Crippen LogP contribution in [0.15, 0.2) is 109 Å². The van der Waals surface area contributed by atoms with E-state index in [1.54, 1.807) is 0 Å². The SMILES string of the molecule is CC\C=C/C=C\C=C/C=C\C=C/CCCCCC(=O)OCC(COC(=O)CCCCCCC/C=C\C/C=C\CC)OC(=O)CCCCCCCC/C=C\C=C/CCCCC. The zero-order valence-electron chi connectivity index (χ0n) is 38.4. The van der Waals surface area contributed by atoms with E-state index in [2.05, 4.69) is 81.5 Å². The van der Waals surface area contributed by atoms with Crippen molar-refractivity contribution in [3.8, 4) is 0 Å². The van der Waals surface area contributed by atoms with Crippen LogP contribution in [0, 0.1) is 0 Å². The molecule has 0 aromatic carbocycles. The lowest BCUT2D eigenvalue weighted by molar-refractivity contribution is -0.167. The zero-order valence-corrected chi connectivity index (χ0v) is 38.4. The Labute approximate surface area is 368 Å². The molecule has 0 fully saturated rings. The lowest BCUT2D eigenvalue weighted by Gasteiger charge is -2.18. The largest absolute Gasteiger partial charge is 0.462 e. The van der Waals surface area contributed by atoms with Crippen molar-refractivity contribution in [3.05, 3.63) is 109 Å². The minimum absolute atomic E-state index is 0.107. The molecule has 0 saturated carbocycles. The number of hydrogen-bond acceptors (Lipinski definition) is 6. The maximum absolute atomic E-state index is 12.8. The highest BCUT2D eigenvalue weighted by Crippen LogP contribution is 2.13. The number of esters is 3. The first-order valence-corrected chi connectivity index (χ1v) is 24.0. The van der Waals surface area contributed by atoms with Gasteiger partial charge in [-0.05, 0) is 89.9 Å². The molecule has 0 N–H and O–H groups in total. The molecule has 1 atom stereocenters. The average Bonchev–Trinajstić information content (AvgIpc) is 3.24. The van der Waals surface area contributed by atoms with E-state index in [0.29, 0.717) is 19.3 Å². The van der Waals surface area contributed by atoms with Crippen LogP contribution >= 0.6 is 0 Å². The van der Waals surface area contributed by atoms with E-state index in [1.807, 2.05) is 48.6 Å². The number of hydrogen-bond donors (Lipinski definition) is 0. The Morgan fingerprint density at radius 1 is 0.367 bits per heavy atom. The van der Waals surface area contributed by atoms with Gasteiger partial charge in [0.25, 0.3) is 0 Å². The number of allylic oxidation sites excluding steroid dienone is 18. The highest BCUT2D eigenvalue weighted by Gasteiger charge is 2.19. The standard InChI is InChI=1S/C54H86O6/c1-4-7-10-13-16-19-22-25-27-29-32-35-38-41-44-47-53(56)59-50-51(49-58-52(55)46-43-40-37-34-31-24-21-18-15-12-9-6-3)60-54(57)48-45-42-39-36-33-30-28-26-23-20-17-14-11-8-5-2/h7,9-10,12-13,16-23,25-27,29,32,51H,4-6,8,11,14-15,24,28,30-31,33-50H2,1-3H3/b10-7-,12-9-,16-13-,20-17-,21-18-,22-19-,26-23-,27-25-,32-29-. The predicted octanol–water partition coefficient (Wildman–Crippen LogP) is 15.6. The Kier molecular flexibility index (Phi) is 44.6. The second kappa shape index (κ2) is 47.7. The third kappa shape index (κ3) is 45.2. The van der Waals surface area contributed by atoms with Gasteiger partial charge < -0.3 is 14.2 Å². The number of unbranched alkanes of at least 4 members (excludes halogenated alkanes) is 17. The Balaban J connectivity index is 4.53. The minimum atomic E-state index is -0.808. The van der Waals surface area contributed by atoms with E-state index >= 15 is 0 Å². The summed E-state index contributed by atoms with van der Waals surface area (Å²) in [7, 11) is 0. The van der Waals surface area contributed by atoms with E-state index < -0.39 is 6.10 Å². The first-order chi connectivity index (χ1) is 29.5. The summed E-state index contributed by atoms with van der Waals surface area (Å²) in [6.45, 7) is 6.27. The van der Waals surface area contributed by atoms with Crippen LogP contribution in [0.5, 0.6) is 0 Å². The summed E-state index contributed by atoms with van der Waals surface area (Å²) in [5, 5.41) is 0. The average molecular weight is 831 g/mol. The molecule has 60 heavy (non-hydrogen) atoms. The minimum Gasteiger partial charge on any atom is -0.462 e. The summed E-state index contributed by atoms with van der Waals surface area (Å²) in [5.41, 5.74) is 0. The van der Waals surface area contributed by atoms with Crippen LogP contribution in [0.1, 0.15) is 194 Å². The van der Waals surface area contributed by atoms with Crippen molar-refractivity contribution >= 4 is 17.9 Å². The van der Waals surface area contributed by atoms with Crippen LogP contribution in [-0.4, -0.2) is 37.2 Å². The van der Waals surface area contributed by atoms with Crippen molar-refractivity contribution in [1.29, 1.82) is 0 Å². The van der Waals surface area contributed by atoms with Gasteiger partial charge >= 0.3 is 17.9 Å². The topological polar surface area (TPSA) is 78.9 Å². The van der Waals surface area contributed by atoms with Crippen molar-refractivity contribution in [2.45, 2.75) is 200 Å². The summed E-state index contributed by atoms with van der Waals surface area (Å²) >= 11 is 0. The van der Waals surface area contributed by atoms with Gasteiger partial charge in [0, 0.05) is 19.3 Å². The van der Waals surface area contributed by atoms with E-state index in [-0.39, 0.29) is 31.1 Å².